The van der Waals surface area contributed by atoms with E-state index >= 15 is 0 Å². The van der Waals surface area contributed by atoms with Gasteiger partial charge in [0.05, 0.1) is 6.04 Å². The Morgan fingerprint density at radius 1 is 0.882 bits per heavy atom. The molecule has 1 unspecified atom stereocenters. The number of rotatable bonds is 3. The Hall–Kier alpha value is -2.06. The molecule has 2 aromatic rings. The minimum Gasteiger partial charge on any atom is -0.404 e. The summed E-state index contributed by atoms with van der Waals surface area (Å²) < 4.78 is 0. The highest BCUT2D eigenvalue weighted by molar-refractivity contribution is 5.70. The van der Waals surface area contributed by atoms with Gasteiger partial charge in [-0.1, -0.05) is 60.7 Å². The summed E-state index contributed by atoms with van der Waals surface area (Å²) in [5.41, 5.74) is 15.0. The van der Waals surface area contributed by atoms with E-state index in [1.165, 1.54) is 0 Å². The van der Waals surface area contributed by atoms with E-state index in [1.54, 1.807) is 6.20 Å². The van der Waals surface area contributed by atoms with Crippen molar-refractivity contribution in [3.05, 3.63) is 78.0 Å². The van der Waals surface area contributed by atoms with Crippen molar-refractivity contribution in [1.82, 2.24) is 0 Å². The van der Waals surface area contributed by atoms with E-state index in [0.717, 1.165) is 16.7 Å². The van der Waals surface area contributed by atoms with Crippen LogP contribution in [0.4, 0.5) is 0 Å². The average Bonchev–Trinajstić information content (AvgIpc) is 2.42. The van der Waals surface area contributed by atoms with Crippen molar-refractivity contribution < 1.29 is 0 Å². The fraction of sp³-hybridized carbons (Fsp3) is 0.0667. The zero-order valence-electron chi connectivity index (χ0n) is 9.58. The van der Waals surface area contributed by atoms with Crippen LogP contribution in [-0.2, 0) is 0 Å². The minimum absolute atomic E-state index is 0.191. The summed E-state index contributed by atoms with van der Waals surface area (Å²) in [5.74, 6) is 0. The first-order chi connectivity index (χ1) is 8.33. The van der Waals surface area contributed by atoms with Crippen LogP contribution < -0.4 is 11.5 Å². The second-order valence-electron chi connectivity index (χ2n) is 3.88. The van der Waals surface area contributed by atoms with Crippen molar-refractivity contribution in [3.63, 3.8) is 0 Å². The van der Waals surface area contributed by atoms with E-state index in [4.69, 9.17) is 11.5 Å². The molecule has 0 heterocycles. The average molecular weight is 224 g/mol. The van der Waals surface area contributed by atoms with Gasteiger partial charge in [0.2, 0.25) is 0 Å². The molecule has 17 heavy (non-hydrogen) atoms. The summed E-state index contributed by atoms with van der Waals surface area (Å²) >= 11 is 0. The van der Waals surface area contributed by atoms with Crippen molar-refractivity contribution in [1.29, 1.82) is 0 Å². The molecule has 0 saturated carbocycles. The molecule has 0 aliphatic heterocycles. The van der Waals surface area contributed by atoms with Crippen LogP contribution >= 0.6 is 0 Å². The molecule has 2 nitrogen and oxygen atoms in total. The molecule has 0 bridgehead atoms. The van der Waals surface area contributed by atoms with Gasteiger partial charge in [-0.15, -0.1) is 0 Å². The summed E-state index contributed by atoms with van der Waals surface area (Å²) in [5, 5.41) is 0. The van der Waals surface area contributed by atoms with E-state index in [-0.39, 0.29) is 6.04 Å². The fourth-order valence-corrected chi connectivity index (χ4v) is 1.85. The molecule has 4 N–H and O–H groups in total. The van der Waals surface area contributed by atoms with Crippen molar-refractivity contribution in [3.8, 4) is 0 Å². The highest BCUT2D eigenvalue weighted by atomic mass is 14.7. The Balaban J connectivity index is 2.33. The van der Waals surface area contributed by atoms with Gasteiger partial charge in [0.25, 0.3) is 0 Å². The van der Waals surface area contributed by atoms with Crippen LogP contribution in [0.15, 0.2) is 66.9 Å². The third-order valence-corrected chi connectivity index (χ3v) is 2.78. The molecule has 0 spiro atoms. The second kappa shape index (κ2) is 5.32. The predicted molar refractivity (Wildman–Crippen MR) is 72.0 cm³/mol. The normalized spacial score (nSPS) is 13.4. The first kappa shape index (κ1) is 11.4. The topological polar surface area (TPSA) is 52.0 Å². The lowest BCUT2D eigenvalue weighted by atomic mass is 9.94. The third-order valence-electron chi connectivity index (χ3n) is 2.78. The van der Waals surface area contributed by atoms with E-state index in [9.17, 15) is 0 Å². The summed E-state index contributed by atoms with van der Waals surface area (Å²) in [4.78, 5) is 0. The number of hydrogen-bond acceptors (Lipinski definition) is 2. The van der Waals surface area contributed by atoms with Crippen LogP contribution in [0.25, 0.3) is 5.57 Å². The summed E-state index contributed by atoms with van der Waals surface area (Å²) in [6.07, 6.45) is 1.59. The fourth-order valence-electron chi connectivity index (χ4n) is 1.85. The summed E-state index contributed by atoms with van der Waals surface area (Å²) in [6.45, 7) is 0. The Morgan fingerprint density at radius 2 is 1.41 bits per heavy atom. The van der Waals surface area contributed by atoms with Crippen LogP contribution in [0, 0.1) is 0 Å². The van der Waals surface area contributed by atoms with Gasteiger partial charge in [0.15, 0.2) is 0 Å². The predicted octanol–water partition coefficient (Wildman–Crippen LogP) is 2.69. The van der Waals surface area contributed by atoms with Crippen LogP contribution in [0.2, 0.25) is 0 Å². The van der Waals surface area contributed by atoms with Crippen LogP contribution in [0.1, 0.15) is 17.2 Å². The maximum absolute atomic E-state index is 6.23. The first-order valence-corrected chi connectivity index (χ1v) is 5.60. The zero-order valence-corrected chi connectivity index (χ0v) is 9.58. The molecular weight excluding hydrogens is 208 g/mol. The van der Waals surface area contributed by atoms with Gasteiger partial charge in [0, 0.05) is 0 Å². The minimum atomic E-state index is -0.191. The first-order valence-electron chi connectivity index (χ1n) is 5.60. The van der Waals surface area contributed by atoms with Gasteiger partial charge in [-0.05, 0) is 22.9 Å². The maximum Gasteiger partial charge on any atom is 0.0571 e. The smallest absolute Gasteiger partial charge is 0.0571 e. The number of hydrogen-bond donors (Lipinski definition) is 2. The molecular formula is C15H16N2. The van der Waals surface area contributed by atoms with Crippen molar-refractivity contribution in [2.45, 2.75) is 6.04 Å². The Kier molecular flexibility index (Phi) is 3.58. The Bertz CT molecular complexity index is 489. The Labute approximate surface area is 102 Å². The third kappa shape index (κ3) is 2.55. The Morgan fingerprint density at radius 3 is 1.94 bits per heavy atom. The van der Waals surface area contributed by atoms with Crippen molar-refractivity contribution in [2.75, 3.05) is 0 Å². The molecule has 2 rings (SSSR count). The molecule has 0 radical (unpaired) electrons. The lowest BCUT2D eigenvalue weighted by Crippen LogP contribution is -2.13. The molecule has 0 aromatic heterocycles. The quantitative estimate of drug-likeness (QED) is 0.842. The van der Waals surface area contributed by atoms with Crippen molar-refractivity contribution >= 4 is 5.57 Å². The van der Waals surface area contributed by atoms with Crippen molar-refractivity contribution in [2.24, 2.45) is 11.5 Å². The van der Waals surface area contributed by atoms with Crippen LogP contribution in [0.3, 0.4) is 0 Å². The molecule has 0 amide bonds. The monoisotopic (exact) mass is 224 g/mol. The molecule has 2 aromatic carbocycles. The lowest BCUT2D eigenvalue weighted by molar-refractivity contribution is 0.930. The second-order valence-corrected chi connectivity index (χ2v) is 3.88. The van der Waals surface area contributed by atoms with Gasteiger partial charge in [0.1, 0.15) is 0 Å². The molecule has 1 atom stereocenters. The van der Waals surface area contributed by atoms with E-state index in [2.05, 4.69) is 0 Å². The number of nitrogens with two attached hydrogens (primary N) is 2. The molecule has 0 fully saturated rings. The van der Waals surface area contributed by atoms with Gasteiger partial charge in [-0.25, -0.2) is 0 Å². The molecule has 0 saturated heterocycles. The van der Waals surface area contributed by atoms with E-state index < -0.39 is 0 Å². The van der Waals surface area contributed by atoms with Crippen LogP contribution in [-0.4, -0.2) is 0 Å². The van der Waals surface area contributed by atoms with Gasteiger partial charge in [-0.2, -0.15) is 0 Å². The molecule has 0 aliphatic rings. The highest BCUT2D eigenvalue weighted by Crippen LogP contribution is 2.26. The van der Waals surface area contributed by atoms with E-state index in [0.29, 0.717) is 0 Å². The zero-order chi connectivity index (χ0) is 12.1. The lowest BCUT2D eigenvalue weighted by Gasteiger charge is -2.16. The van der Waals surface area contributed by atoms with Crippen LogP contribution in [0.5, 0.6) is 0 Å². The molecule has 2 heteroatoms. The summed E-state index contributed by atoms with van der Waals surface area (Å²) in [6, 6.07) is 19.7. The van der Waals surface area contributed by atoms with Gasteiger partial charge in [-0.3, -0.25) is 0 Å². The molecule has 86 valence electrons. The standard InChI is InChI=1S/C15H16N2/c16-11-14(12-7-3-1-4-8-12)15(17)13-9-5-2-6-10-13/h1-11,15H,16-17H2/b14-11-. The largest absolute Gasteiger partial charge is 0.404 e. The summed E-state index contributed by atoms with van der Waals surface area (Å²) in [7, 11) is 0. The maximum atomic E-state index is 6.23. The van der Waals surface area contributed by atoms with Gasteiger partial charge < -0.3 is 11.5 Å². The van der Waals surface area contributed by atoms with E-state index in [1.807, 2.05) is 60.7 Å². The number of benzene rings is 2. The highest BCUT2D eigenvalue weighted by Gasteiger charge is 2.12. The SMILES string of the molecule is N/C=C(/c1ccccc1)C(N)c1ccccc1. The van der Waals surface area contributed by atoms with Gasteiger partial charge >= 0.3 is 0 Å². The molecule has 0 aliphatic carbocycles.